The molecule has 6 heteroatoms. The molecule has 1 atom stereocenters. The molecule has 1 heterocycles. The van der Waals surface area contributed by atoms with Gasteiger partial charge in [0, 0.05) is 0 Å². The third-order valence-electron chi connectivity index (χ3n) is 1.62. The fourth-order valence-electron chi connectivity index (χ4n) is 0.944. The number of alkyl halides is 2. The molecule has 0 amide bonds. The van der Waals surface area contributed by atoms with E-state index < -0.39 is 13.0 Å². The summed E-state index contributed by atoms with van der Waals surface area (Å²) in [4.78, 5) is 11.0. The van der Waals surface area contributed by atoms with Gasteiger partial charge in [-0.25, -0.2) is 19.3 Å². The topological polar surface area (TPSA) is 50.7 Å². The van der Waals surface area contributed by atoms with Gasteiger partial charge in [0.15, 0.2) is 6.30 Å². The molecule has 0 spiro atoms. The molecular formula is C8H12F2N4. The Bertz CT molecular complexity index is 244. The van der Waals surface area contributed by atoms with Crippen molar-refractivity contribution in [2.75, 3.05) is 12.0 Å². The van der Waals surface area contributed by atoms with Crippen LogP contribution in [0.2, 0.25) is 0 Å². The summed E-state index contributed by atoms with van der Waals surface area (Å²) >= 11 is 0. The highest BCUT2D eigenvalue weighted by atomic mass is 19.1. The number of hydrogen-bond acceptors (Lipinski definition) is 4. The average molecular weight is 202 g/mol. The van der Waals surface area contributed by atoms with Gasteiger partial charge in [0.25, 0.3) is 0 Å². The summed E-state index contributed by atoms with van der Waals surface area (Å²) in [6, 6.07) is 0. The summed E-state index contributed by atoms with van der Waals surface area (Å²) < 4.78 is 24.8. The van der Waals surface area contributed by atoms with Crippen LogP contribution in [0.25, 0.3) is 0 Å². The van der Waals surface area contributed by atoms with Crippen LogP contribution in [-0.4, -0.2) is 27.9 Å². The number of halogens is 2. The molecule has 1 unspecified atom stereocenters. The summed E-state index contributed by atoms with van der Waals surface area (Å²) in [5, 5.41) is 2.45. The summed E-state index contributed by atoms with van der Waals surface area (Å²) in [6.45, 7) is -0.404. The lowest BCUT2D eigenvalue weighted by atomic mass is 10.2. The average Bonchev–Trinajstić information content (AvgIpc) is 2.20. The lowest BCUT2D eigenvalue weighted by Gasteiger charge is -2.08. The van der Waals surface area contributed by atoms with E-state index in [9.17, 15) is 8.78 Å². The van der Waals surface area contributed by atoms with Gasteiger partial charge < -0.3 is 5.32 Å². The lowest BCUT2D eigenvalue weighted by Crippen LogP contribution is -2.15. The molecule has 1 aromatic rings. The minimum atomic E-state index is -1.23. The van der Waals surface area contributed by atoms with E-state index in [1.807, 2.05) is 0 Å². The van der Waals surface area contributed by atoms with Gasteiger partial charge in [-0.2, -0.15) is 0 Å². The molecule has 1 rings (SSSR count). The van der Waals surface area contributed by atoms with Crippen molar-refractivity contribution in [2.45, 2.75) is 25.6 Å². The van der Waals surface area contributed by atoms with Crippen molar-refractivity contribution in [3.05, 3.63) is 12.7 Å². The molecule has 0 aliphatic rings. The van der Waals surface area contributed by atoms with Crippen molar-refractivity contribution in [1.29, 1.82) is 0 Å². The molecule has 0 aliphatic carbocycles. The van der Waals surface area contributed by atoms with Gasteiger partial charge in [-0.3, -0.25) is 4.39 Å². The Labute approximate surface area is 80.8 Å². The maximum absolute atomic E-state index is 13.1. The van der Waals surface area contributed by atoms with Gasteiger partial charge in [0.1, 0.15) is 12.7 Å². The van der Waals surface area contributed by atoms with E-state index in [-0.39, 0.29) is 12.4 Å². The Balaban J connectivity index is 2.23. The van der Waals surface area contributed by atoms with Gasteiger partial charge >= 0.3 is 0 Å². The zero-order chi connectivity index (χ0) is 10.2. The van der Waals surface area contributed by atoms with Crippen LogP contribution in [0.15, 0.2) is 12.7 Å². The Hall–Kier alpha value is -1.33. The largest absolute Gasteiger partial charge is 0.324 e. The van der Waals surface area contributed by atoms with Crippen molar-refractivity contribution >= 4 is 5.95 Å². The first-order valence-corrected chi connectivity index (χ1v) is 4.41. The molecule has 0 radical (unpaired) electrons. The first kappa shape index (κ1) is 10.7. The maximum atomic E-state index is 13.1. The third-order valence-corrected chi connectivity index (χ3v) is 1.62. The van der Waals surface area contributed by atoms with Crippen LogP contribution in [-0.2, 0) is 0 Å². The fraction of sp³-hybridized carbons (Fsp3) is 0.625. The van der Waals surface area contributed by atoms with Crippen molar-refractivity contribution in [1.82, 2.24) is 15.0 Å². The smallest absolute Gasteiger partial charge is 0.227 e. The zero-order valence-electron chi connectivity index (χ0n) is 7.66. The van der Waals surface area contributed by atoms with Crippen LogP contribution in [0.3, 0.4) is 0 Å². The predicted octanol–water partition coefficient (Wildman–Crippen LogP) is 1.72. The monoisotopic (exact) mass is 202 g/mol. The molecule has 4 nitrogen and oxygen atoms in total. The summed E-state index contributed by atoms with van der Waals surface area (Å²) in [6.07, 6.45) is 2.49. The van der Waals surface area contributed by atoms with Crippen molar-refractivity contribution < 1.29 is 8.78 Å². The molecule has 1 aromatic heterocycles. The zero-order valence-corrected chi connectivity index (χ0v) is 7.66. The maximum Gasteiger partial charge on any atom is 0.227 e. The highest BCUT2D eigenvalue weighted by molar-refractivity contribution is 5.21. The predicted molar refractivity (Wildman–Crippen MR) is 48.2 cm³/mol. The van der Waals surface area contributed by atoms with E-state index >= 15 is 0 Å². The van der Waals surface area contributed by atoms with Crippen LogP contribution in [0.4, 0.5) is 14.7 Å². The molecule has 0 saturated carbocycles. The molecule has 1 N–H and O–H groups in total. The minimum Gasteiger partial charge on any atom is -0.324 e. The van der Waals surface area contributed by atoms with Crippen LogP contribution in [0.5, 0.6) is 0 Å². The van der Waals surface area contributed by atoms with Crippen LogP contribution >= 0.6 is 0 Å². The van der Waals surface area contributed by atoms with Crippen LogP contribution < -0.4 is 5.32 Å². The Kier molecular flexibility index (Phi) is 4.74. The lowest BCUT2D eigenvalue weighted by molar-refractivity contribution is 0.331. The second-order valence-electron chi connectivity index (χ2n) is 2.76. The molecule has 0 aliphatic heterocycles. The fourth-order valence-corrected chi connectivity index (χ4v) is 0.944. The third kappa shape index (κ3) is 4.06. The second-order valence-corrected chi connectivity index (χ2v) is 2.76. The van der Waals surface area contributed by atoms with E-state index in [1.165, 1.54) is 12.7 Å². The number of anilines is 1. The van der Waals surface area contributed by atoms with Gasteiger partial charge in [-0.05, 0) is 19.3 Å². The van der Waals surface area contributed by atoms with Crippen molar-refractivity contribution in [3.8, 4) is 0 Å². The molecule has 14 heavy (non-hydrogen) atoms. The van der Waals surface area contributed by atoms with E-state index in [1.54, 1.807) is 0 Å². The molecule has 0 saturated heterocycles. The van der Waals surface area contributed by atoms with Crippen molar-refractivity contribution in [3.63, 3.8) is 0 Å². The van der Waals surface area contributed by atoms with E-state index in [0.29, 0.717) is 12.8 Å². The van der Waals surface area contributed by atoms with Gasteiger partial charge in [-0.1, -0.05) is 0 Å². The highest BCUT2D eigenvalue weighted by Crippen LogP contribution is 2.06. The molecule has 0 bridgehead atoms. The Morgan fingerprint density at radius 1 is 1.29 bits per heavy atom. The Morgan fingerprint density at radius 2 is 2.00 bits per heavy atom. The van der Waals surface area contributed by atoms with Crippen molar-refractivity contribution in [2.24, 2.45) is 0 Å². The van der Waals surface area contributed by atoms with E-state index in [0.717, 1.165) is 0 Å². The number of nitrogens with zero attached hydrogens (tertiary/aromatic N) is 3. The molecule has 78 valence electrons. The van der Waals surface area contributed by atoms with Crippen LogP contribution in [0.1, 0.15) is 19.3 Å². The minimum absolute atomic E-state index is 0.202. The summed E-state index contributed by atoms with van der Waals surface area (Å²) in [7, 11) is 0. The number of rotatable bonds is 6. The summed E-state index contributed by atoms with van der Waals surface area (Å²) in [5.41, 5.74) is 0. The van der Waals surface area contributed by atoms with Gasteiger partial charge in [-0.15, -0.1) is 0 Å². The standard InChI is InChI=1S/C8H12F2N4/c9-4-2-1-3-7(10)14-8-12-5-11-6-13-8/h5-7H,1-4H2,(H,11,12,13,14). The Morgan fingerprint density at radius 3 is 2.64 bits per heavy atom. The van der Waals surface area contributed by atoms with Crippen LogP contribution in [0, 0.1) is 0 Å². The number of hydrogen-bond donors (Lipinski definition) is 1. The van der Waals surface area contributed by atoms with Gasteiger partial charge in [0.05, 0.1) is 6.67 Å². The van der Waals surface area contributed by atoms with E-state index in [4.69, 9.17) is 0 Å². The second kappa shape index (κ2) is 6.17. The van der Waals surface area contributed by atoms with E-state index in [2.05, 4.69) is 20.3 Å². The highest BCUT2D eigenvalue weighted by Gasteiger charge is 2.06. The number of nitrogens with one attached hydrogen (secondary N) is 1. The van der Waals surface area contributed by atoms with Gasteiger partial charge in [0.2, 0.25) is 5.95 Å². The number of unbranched alkanes of at least 4 members (excludes halogenated alkanes) is 1. The first-order chi connectivity index (χ1) is 6.83. The SMILES string of the molecule is FCCCCC(F)Nc1ncncn1. The molecular weight excluding hydrogens is 190 g/mol. The molecule has 0 aromatic carbocycles. The quantitative estimate of drug-likeness (QED) is 0.563. The first-order valence-electron chi connectivity index (χ1n) is 4.41. The molecule has 0 fully saturated rings. The summed E-state index contributed by atoms with van der Waals surface area (Å²) in [5.74, 6) is 0.202. The normalized spacial score (nSPS) is 12.4. The number of aromatic nitrogens is 3.